The lowest BCUT2D eigenvalue weighted by Gasteiger charge is -2.38. The second kappa shape index (κ2) is 7.66. The van der Waals surface area contributed by atoms with E-state index in [2.05, 4.69) is 47.3 Å². The molecule has 1 aliphatic heterocycles. The summed E-state index contributed by atoms with van der Waals surface area (Å²) in [4.78, 5) is 29.9. The zero-order chi connectivity index (χ0) is 20.5. The van der Waals surface area contributed by atoms with Crippen molar-refractivity contribution in [3.05, 3.63) is 63.9 Å². The Kier molecular flexibility index (Phi) is 5.05. The van der Waals surface area contributed by atoms with Gasteiger partial charge in [0.05, 0.1) is 5.39 Å². The minimum absolute atomic E-state index is 0.0997. The van der Waals surface area contributed by atoms with Gasteiger partial charge in [-0.15, -0.1) is 5.10 Å². The molecule has 0 aliphatic carbocycles. The normalized spacial score (nSPS) is 15.6. The summed E-state index contributed by atoms with van der Waals surface area (Å²) in [6.07, 6.45) is 0. The first-order chi connectivity index (χ1) is 14.0. The predicted octanol–water partition coefficient (Wildman–Crippen LogP) is 2.32. The van der Waals surface area contributed by atoms with Gasteiger partial charge in [0.15, 0.2) is 0 Å². The standard InChI is InChI=1S/C22H25N5O2/c1-15-7-6-10-20(16(15)2)25-11-13-26(14-12-25)21(28)17(3)27-22(29)18-8-4-5-9-19(18)23-24-27/h4-10,17H,11-14H2,1-3H3/t17-/m1/s1. The van der Waals surface area contributed by atoms with Crippen molar-refractivity contribution < 1.29 is 4.79 Å². The first-order valence-electron chi connectivity index (χ1n) is 9.91. The zero-order valence-electron chi connectivity index (χ0n) is 17.0. The van der Waals surface area contributed by atoms with E-state index in [0.717, 1.165) is 13.1 Å². The van der Waals surface area contributed by atoms with Crippen LogP contribution in [0.4, 0.5) is 5.69 Å². The lowest BCUT2D eigenvalue weighted by molar-refractivity contribution is -0.135. The van der Waals surface area contributed by atoms with E-state index >= 15 is 0 Å². The van der Waals surface area contributed by atoms with Crippen molar-refractivity contribution >= 4 is 22.5 Å². The minimum atomic E-state index is -0.688. The number of aryl methyl sites for hydroxylation is 1. The number of carbonyl (C=O) groups excluding carboxylic acids is 1. The van der Waals surface area contributed by atoms with Crippen LogP contribution in [0.15, 0.2) is 47.3 Å². The van der Waals surface area contributed by atoms with Gasteiger partial charge in [0.25, 0.3) is 5.56 Å². The summed E-state index contributed by atoms with van der Waals surface area (Å²) in [6, 6.07) is 12.7. The molecule has 150 valence electrons. The largest absolute Gasteiger partial charge is 0.368 e. The first-order valence-corrected chi connectivity index (χ1v) is 9.91. The van der Waals surface area contributed by atoms with Crippen molar-refractivity contribution in [2.24, 2.45) is 0 Å². The third-order valence-electron chi connectivity index (χ3n) is 5.82. The van der Waals surface area contributed by atoms with E-state index in [0.29, 0.717) is 24.0 Å². The maximum Gasteiger partial charge on any atom is 0.278 e. The van der Waals surface area contributed by atoms with E-state index in [1.165, 1.54) is 21.5 Å². The molecule has 1 fully saturated rings. The van der Waals surface area contributed by atoms with Gasteiger partial charge in [-0.1, -0.05) is 29.5 Å². The van der Waals surface area contributed by atoms with Crippen LogP contribution in [0.3, 0.4) is 0 Å². The monoisotopic (exact) mass is 391 g/mol. The molecule has 0 spiro atoms. The molecule has 2 heterocycles. The van der Waals surface area contributed by atoms with Gasteiger partial charge >= 0.3 is 0 Å². The average Bonchev–Trinajstić information content (AvgIpc) is 2.75. The van der Waals surface area contributed by atoms with Crippen LogP contribution in [0.5, 0.6) is 0 Å². The van der Waals surface area contributed by atoms with Gasteiger partial charge < -0.3 is 9.80 Å². The van der Waals surface area contributed by atoms with E-state index in [-0.39, 0.29) is 11.5 Å². The summed E-state index contributed by atoms with van der Waals surface area (Å²) >= 11 is 0. The van der Waals surface area contributed by atoms with Crippen molar-refractivity contribution in [1.29, 1.82) is 0 Å². The molecule has 0 saturated carbocycles. The fraction of sp³-hybridized carbons (Fsp3) is 0.364. The highest BCUT2D eigenvalue weighted by atomic mass is 16.2. The van der Waals surface area contributed by atoms with Gasteiger partial charge in [-0.05, 0) is 50.1 Å². The number of carbonyl (C=O) groups is 1. The number of fused-ring (bicyclic) bond motifs is 1. The molecule has 4 rings (SSSR count). The van der Waals surface area contributed by atoms with Crippen molar-refractivity contribution in [2.75, 3.05) is 31.1 Å². The van der Waals surface area contributed by atoms with Gasteiger partial charge in [-0.3, -0.25) is 9.59 Å². The van der Waals surface area contributed by atoms with Crippen molar-refractivity contribution in [1.82, 2.24) is 19.9 Å². The van der Waals surface area contributed by atoms with Crippen LogP contribution in [-0.4, -0.2) is 52.0 Å². The average molecular weight is 391 g/mol. The van der Waals surface area contributed by atoms with Crippen LogP contribution in [0, 0.1) is 13.8 Å². The number of piperazine rings is 1. The molecule has 0 N–H and O–H groups in total. The number of hydrogen-bond donors (Lipinski definition) is 0. The van der Waals surface area contributed by atoms with Crippen LogP contribution < -0.4 is 10.5 Å². The fourth-order valence-electron chi connectivity index (χ4n) is 3.87. The molecule has 1 atom stereocenters. The summed E-state index contributed by atoms with van der Waals surface area (Å²) in [5.74, 6) is -0.0997. The molecule has 29 heavy (non-hydrogen) atoms. The Morgan fingerprint density at radius 1 is 1.00 bits per heavy atom. The molecule has 7 nitrogen and oxygen atoms in total. The molecule has 1 amide bonds. The molecule has 7 heteroatoms. The molecule has 0 unspecified atom stereocenters. The molecule has 3 aromatic rings. The predicted molar refractivity (Wildman–Crippen MR) is 113 cm³/mol. The number of aromatic nitrogens is 3. The Hall–Kier alpha value is -3.22. The molecular formula is C22H25N5O2. The van der Waals surface area contributed by atoms with E-state index in [1.807, 2.05) is 11.0 Å². The summed E-state index contributed by atoms with van der Waals surface area (Å²) in [6.45, 7) is 8.72. The highest BCUT2D eigenvalue weighted by molar-refractivity contribution is 5.81. The maximum atomic E-state index is 13.0. The second-order valence-corrected chi connectivity index (χ2v) is 7.56. The molecule has 0 radical (unpaired) electrons. The molecule has 0 bridgehead atoms. The highest BCUT2D eigenvalue weighted by Gasteiger charge is 2.28. The maximum absolute atomic E-state index is 13.0. The fourth-order valence-corrected chi connectivity index (χ4v) is 3.87. The number of amides is 1. The third kappa shape index (κ3) is 3.48. The molecular weight excluding hydrogens is 366 g/mol. The Balaban J connectivity index is 1.49. The van der Waals surface area contributed by atoms with Gasteiger partial charge in [0.1, 0.15) is 11.6 Å². The Morgan fingerprint density at radius 2 is 1.72 bits per heavy atom. The first kappa shape index (κ1) is 19.1. The lowest BCUT2D eigenvalue weighted by Crippen LogP contribution is -2.51. The van der Waals surface area contributed by atoms with E-state index < -0.39 is 6.04 Å². The van der Waals surface area contributed by atoms with E-state index in [4.69, 9.17) is 0 Å². The van der Waals surface area contributed by atoms with E-state index in [9.17, 15) is 9.59 Å². The highest BCUT2D eigenvalue weighted by Crippen LogP contribution is 2.24. The summed E-state index contributed by atoms with van der Waals surface area (Å²) in [5, 5.41) is 8.57. The number of benzene rings is 2. The number of rotatable bonds is 3. The molecule has 1 aliphatic rings. The lowest BCUT2D eigenvalue weighted by atomic mass is 10.1. The van der Waals surface area contributed by atoms with Crippen LogP contribution in [0.1, 0.15) is 24.1 Å². The van der Waals surface area contributed by atoms with Crippen LogP contribution in [0.2, 0.25) is 0 Å². The summed E-state index contributed by atoms with van der Waals surface area (Å²) in [5.41, 5.74) is 4.02. The zero-order valence-corrected chi connectivity index (χ0v) is 17.0. The van der Waals surface area contributed by atoms with Crippen LogP contribution >= 0.6 is 0 Å². The van der Waals surface area contributed by atoms with Crippen molar-refractivity contribution in [3.63, 3.8) is 0 Å². The SMILES string of the molecule is Cc1cccc(N2CCN(C(=O)[C@@H](C)n3nnc4ccccc4c3=O)CC2)c1C. The van der Waals surface area contributed by atoms with Crippen molar-refractivity contribution in [3.8, 4) is 0 Å². The summed E-state index contributed by atoms with van der Waals surface area (Å²) < 4.78 is 1.20. The minimum Gasteiger partial charge on any atom is -0.368 e. The van der Waals surface area contributed by atoms with E-state index in [1.54, 1.807) is 25.1 Å². The molecule has 1 aromatic heterocycles. The van der Waals surface area contributed by atoms with Gasteiger partial charge in [0.2, 0.25) is 5.91 Å². The number of nitrogens with zero attached hydrogens (tertiary/aromatic N) is 5. The second-order valence-electron chi connectivity index (χ2n) is 7.56. The Bertz CT molecular complexity index is 1120. The smallest absolute Gasteiger partial charge is 0.278 e. The van der Waals surface area contributed by atoms with Crippen LogP contribution in [0.25, 0.3) is 10.9 Å². The Labute approximate surface area is 169 Å². The molecule has 2 aromatic carbocycles. The number of anilines is 1. The quantitative estimate of drug-likeness (QED) is 0.685. The van der Waals surface area contributed by atoms with Gasteiger partial charge in [-0.2, -0.15) is 4.68 Å². The third-order valence-corrected chi connectivity index (χ3v) is 5.82. The molecule has 1 saturated heterocycles. The topological polar surface area (TPSA) is 71.3 Å². The van der Waals surface area contributed by atoms with Crippen LogP contribution in [-0.2, 0) is 4.79 Å². The van der Waals surface area contributed by atoms with Gasteiger partial charge in [0, 0.05) is 31.9 Å². The Morgan fingerprint density at radius 3 is 2.48 bits per heavy atom. The summed E-state index contributed by atoms with van der Waals surface area (Å²) in [7, 11) is 0. The number of hydrogen-bond acceptors (Lipinski definition) is 5. The van der Waals surface area contributed by atoms with Crippen molar-refractivity contribution in [2.45, 2.75) is 26.8 Å². The van der Waals surface area contributed by atoms with Gasteiger partial charge in [-0.25, -0.2) is 0 Å².